The lowest BCUT2D eigenvalue weighted by Gasteiger charge is -2.34. The summed E-state index contributed by atoms with van der Waals surface area (Å²) >= 11 is 0. The van der Waals surface area contributed by atoms with Crippen LogP contribution in [-0.2, 0) is 4.79 Å². The van der Waals surface area contributed by atoms with Gasteiger partial charge < -0.3 is 10.2 Å². The van der Waals surface area contributed by atoms with Crippen LogP contribution in [0.5, 0.6) is 0 Å². The molecule has 3 heteroatoms. The van der Waals surface area contributed by atoms with Gasteiger partial charge in [0, 0.05) is 25.0 Å². The monoisotopic (exact) mass is 254 g/mol. The van der Waals surface area contributed by atoms with E-state index in [2.05, 4.69) is 26.1 Å². The normalized spacial score (nSPS) is 18.4. The van der Waals surface area contributed by atoms with Crippen LogP contribution in [0.1, 0.15) is 53.9 Å². The van der Waals surface area contributed by atoms with Crippen LogP contribution in [0.2, 0.25) is 0 Å². The van der Waals surface area contributed by atoms with Crippen molar-refractivity contribution in [2.75, 3.05) is 19.6 Å². The second-order valence-electron chi connectivity index (χ2n) is 7.02. The highest BCUT2D eigenvalue weighted by molar-refractivity contribution is 5.78. The Labute approximate surface area is 112 Å². The summed E-state index contributed by atoms with van der Waals surface area (Å²) in [7, 11) is 0. The van der Waals surface area contributed by atoms with Gasteiger partial charge in [0.1, 0.15) is 0 Å². The molecule has 1 rings (SSSR count). The Kier molecular flexibility index (Phi) is 5.64. The first-order valence-electron chi connectivity index (χ1n) is 7.32. The van der Waals surface area contributed by atoms with Gasteiger partial charge in [-0.05, 0) is 31.2 Å². The van der Waals surface area contributed by atoms with Gasteiger partial charge in [-0.1, -0.05) is 34.6 Å². The summed E-state index contributed by atoms with van der Waals surface area (Å²) in [5, 5.41) is 3.63. The molecule has 0 aromatic carbocycles. The minimum Gasteiger partial charge on any atom is -0.342 e. The highest BCUT2D eigenvalue weighted by atomic mass is 16.2. The van der Waals surface area contributed by atoms with Crippen molar-refractivity contribution >= 4 is 5.91 Å². The number of hydrogen-bond donors (Lipinski definition) is 1. The third kappa shape index (κ3) is 5.38. The van der Waals surface area contributed by atoms with Crippen molar-refractivity contribution < 1.29 is 4.79 Å². The third-order valence-electron chi connectivity index (χ3n) is 3.61. The van der Waals surface area contributed by atoms with E-state index >= 15 is 0 Å². The van der Waals surface area contributed by atoms with E-state index in [-0.39, 0.29) is 5.92 Å². The number of nitrogens with one attached hydrogen (secondary N) is 1. The van der Waals surface area contributed by atoms with Crippen molar-refractivity contribution in [2.24, 2.45) is 11.3 Å². The standard InChI is InChI=1S/C15H30N2O/c1-12(2)14(18)17-10-6-13(7-11-17)16-9-8-15(3,4)5/h12-13,16H,6-11H2,1-5H3. The molecule has 1 aliphatic rings. The van der Waals surface area contributed by atoms with E-state index in [1.807, 2.05) is 18.7 Å². The van der Waals surface area contributed by atoms with E-state index in [1.54, 1.807) is 0 Å². The van der Waals surface area contributed by atoms with Crippen molar-refractivity contribution in [3.8, 4) is 0 Å². The van der Waals surface area contributed by atoms with Crippen LogP contribution in [0.15, 0.2) is 0 Å². The Morgan fingerprint density at radius 3 is 2.28 bits per heavy atom. The molecule has 18 heavy (non-hydrogen) atoms. The van der Waals surface area contributed by atoms with Crippen LogP contribution in [-0.4, -0.2) is 36.5 Å². The lowest BCUT2D eigenvalue weighted by atomic mass is 9.92. The van der Waals surface area contributed by atoms with Crippen LogP contribution >= 0.6 is 0 Å². The predicted molar refractivity (Wildman–Crippen MR) is 76.5 cm³/mol. The Bertz CT molecular complexity index is 260. The molecule has 1 N–H and O–H groups in total. The van der Waals surface area contributed by atoms with Crippen LogP contribution in [0.25, 0.3) is 0 Å². The van der Waals surface area contributed by atoms with Crippen LogP contribution in [0, 0.1) is 11.3 Å². The maximum Gasteiger partial charge on any atom is 0.225 e. The molecule has 1 saturated heterocycles. The summed E-state index contributed by atoms with van der Waals surface area (Å²) in [5.74, 6) is 0.443. The second kappa shape index (κ2) is 6.55. The van der Waals surface area contributed by atoms with E-state index in [4.69, 9.17) is 0 Å². The Morgan fingerprint density at radius 1 is 1.28 bits per heavy atom. The van der Waals surface area contributed by atoms with Gasteiger partial charge in [0.2, 0.25) is 5.91 Å². The van der Waals surface area contributed by atoms with Crippen molar-refractivity contribution in [3.05, 3.63) is 0 Å². The van der Waals surface area contributed by atoms with Crippen molar-refractivity contribution in [1.29, 1.82) is 0 Å². The number of nitrogens with zero attached hydrogens (tertiary/aromatic N) is 1. The largest absolute Gasteiger partial charge is 0.342 e. The molecule has 1 fully saturated rings. The van der Waals surface area contributed by atoms with Gasteiger partial charge in [-0.2, -0.15) is 0 Å². The molecule has 0 bridgehead atoms. The number of amides is 1. The quantitative estimate of drug-likeness (QED) is 0.836. The molecule has 0 spiro atoms. The molecule has 0 radical (unpaired) electrons. The van der Waals surface area contributed by atoms with Gasteiger partial charge in [0.15, 0.2) is 0 Å². The molecule has 0 atom stereocenters. The number of hydrogen-bond acceptors (Lipinski definition) is 2. The van der Waals surface area contributed by atoms with Gasteiger partial charge in [-0.3, -0.25) is 4.79 Å². The van der Waals surface area contributed by atoms with Crippen molar-refractivity contribution in [2.45, 2.75) is 59.9 Å². The van der Waals surface area contributed by atoms with Gasteiger partial charge in [0.05, 0.1) is 0 Å². The number of carbonyl (C=O) groups excluding carboxylic acids is 1. The minimum atomic E-state index is 0.135. The number of rotatable bonds is 4. The predicted octanol–water partition coefficient (Wildman–Crippen LogP) is 2.66. The van der Waals surface area contributed by atoms with Crippen LogP contribution in [0.4, 0.5) is 0 Å². The molecule has 0 saturated carbocycles. The fourth-order valence-electron chi connectivity index (χ4n) is 2.32. The maximum absolute atomic E-state index is 11.9. The first kappa shape index (κ1) is 15.5. The molecule has 0 unspecified atom stereocenters. The molecular weight excluding hydrogens is 224 g/mol. The molecule has 1 aliphatic heterocycles. The van der Waals surface area contributed by atoms with Crippen LogP contribution in [0.3, 0.4) is 0 Å². The second-order valence-corrected chi connectivity index (χ2v) is 7.02. The van der Waals surface area contributed by atoms with Crippen LogP contribution < -0.4 is 5.32 Å². The van der Waals surface area contributed by atoms with Gasteiger partial charge >= 0.3 is 0 Å². The zero-order valence-electron chi connectivity index (χ0n) is 12.8. The molecule has 0 aromatic heterocycles. The van der Waals surface area contributed by atoms with E-state index in [1.165, 1.54) is 6.42 Å². The highest BCUT2D eigenvalue weighted by Gasteiger charge is 2.24. The summed E-state index contributed by atoms with van der Waals surface area (Å²) in [6, 6.07) is 0.601. The molecule has 106 valence electrons. The summed E-state index contributed by atoms with van der Waals surface area (Å²) in [5.41, 5.74) is 0.404. The van der Waals surface area contributed by atoms with E-state index in [0.29, 0.717) is 17.4 Å². The lowest BCUT2D eigenvalue weighted by molar-refractivity contribution is -0.135. The zero-order chi connectivity index (χ0) is 13.8. The SMILES string of the molecule is CC(C)C(=O)N1CCC(NCCC(C)(C)C)CC1. The Morgan fingerprint density at radius 2 is 1.83 bits per heavy atom. The molecule has 1 amide bonds. The first-order valence-corrected chi connectivity index (χ1v) is 7.32. The molecule has 0 aromatic rings. The van der Waals surface area contributed by atoms with Gasteiger partial charge in [0.25, 0.3) is 0 Å². The minimum absolute atomic E-state index is 0.135. The summed E-state index contributed by atoms with van der Waals surface area (Å²) in [4.78, 5) is 13.9. The Balaban J connectivity index is 2.21. The molecule has 1 heterocycles. The highest BCUT2D eigenvalue weighted by Crippen LogP contribution is 2.18. The average Bonchev–Trinajstić information content (AvgIpc) is 2.27. The summed E-state index contributed by atoms with van der Waals surface area (Å²) < 4.78 is 0. The fraction of sp³-hybridized carbons (Fsp3) is 0.933. The van der Waals surface area contributed by atoms with E-state index in [9.17, 15) is 4.79 Å². The topological polar surface area (TPSA) is 32.3 Å². The summed E-state index contributed by atoms with van der Waals surface area (Å²) in [6.45, 7) is 13.7. The van der Waals surface area contributed by atoms with Gasteiger partial charge in [-0.15, -0.1) is 0 Å². The Hall–Kier alpha value is -0.570. The number of piperidine rings is 1. The molecular formula is C15H30N2O. The smallest absolute Gasteiger partial charge is 0.225 e. The van der Waals surface area contributed by atoms with Gasteiger partial charge in [-0.25, -0.2) is 0 Å². The molecule has 0 aliphatic carbocycles. The zero-order valence-corrected chi connectivity index (χ0v) is 12.8. The third-order valence-corrected chi connectivity index (χ3v) is 3.61. The number of carbonyl (C=O) groups is 1. The fourth-order valence-corrected chi connectivity index (χ4v) is 2.32. The molecule has 3 nitrogen and oxygen atoms in total. The number of likely N-dealkylation sites (tertiary alicyclic amines) is 1. The lowest BCUT2D eigenvalue weighted by Crippen LogP contribution is -2.46. The van der Waals surface area contributed by atoms with E-state index < -0.39 is 0 Å². The maximum atomic E-state index is 11.9. The summed E-state index contributed by atoms with van der Waals surface area (Å²) in [6.07, 6.45) is 3.41. The first-order chi connectivity index (χ1) is 8.29. The van der Waals surface area contributed by atoms with Crippen molar-refractivity contribution in [3.63, 3.8) is 0 Å². The van der Waals surface area contributed by atoms with E-state index in [0.717, 1.165) is 32.5 Å². The average molecular weight is 254 g/mol. The van der Waals surface area contributed by atoms with Crippen molar-refractivity contribution in [1.82, 2.24) is 10.2 Å².